The van der Waals surface area contributed by atoms with E-state index < -0.39 is 0 Å². The number of carbonyl (C=O) groups is 1. The number of ether oxygens (including phenoxy) is 1. The van der Waals surface area contributed by atoms with Gasteiger partial charge in [-0.15, -0.1) is 0 Å². The summed E-state index contributed by atoms with van der Waals surface area (Å²) in [6, 6.07) is 2.01. The van der Waals surface area contributed by atoms with E-state index in [4.69, 9.17) is 15.0 Å². The molecule has 0 spiro atoms. The molecule has 0 aliphatic carbocycles. The van der Waals surface area contributed by atoms with E-state index in [-0.39, 0.29) is 5.91 Å². The molecule has 0 fully saturated rings. The van der Waals surface area contributed by atoms with Crippen molar-refractivity contribution in [2.24, 2.45) is 5.84 Å². The number of hydrogen-bond acceptors (Lipinski definition) is 5. The number of hydrogen-bond donors (Lipinski definition) is 2. The lowest BCUT2D eigenvalue weighted by molar-refractivity contribution is 0.0941. The molecule has 0 aromatic carbocycles. The Hall–Kier alpha value is -1.37. The number of rotatable bonds is 8. The lowest BCUT2D eigenvalue weighted by Gasteiger charge is -2.27. The van der Waals surface area contributed by atoms with Gasteiger partial charge in [0.2, 0.25) is 0 Å². The van der Waals surface area contributed by atoms with Crippen LogP contribution in [0.5, 0.6) is 0 Å². The maximum Gasteiger partial charge on any atom is 0.268 e. The molecule has 1 unspecified atom stereocenters. The molecule has 19 heavy (non-hydrogen) atoms. The summed E-state index contributed by atoms with van der Waals surface area (Å²) in [5, 5.41) is 0. The van der Waals surface area contributed by atoms with Crippen LogP contribution >= 0.6 is 0 Å². The second kappa shape index (κ2) is 7.93. The van der Waals surface area contributed by atoms with Crippen LogP contribution in [0.3, 0.4) is 0 Å². The fourth-order valence-corrected chi connectivity index (χ4v) is 1.85. The Morgan fingerprint density at radius 1 is 1.63 bits per heavy atom. The van der Waals surface area contributed by atoms with E-state index in [2.05, 4.69) is 24.2 Å². The van der Waals surface area contributed by atoms with Crippen LogP contribution in [0.25, 0.3) is 0 Å². The Morgan fingerprint density at radius 3 is 2.95 bits per heavy atom. The standard InChI is InChI=1S/C13H23N3O3/c1-4-10(2)16(6-8-18-3)9-12-11(5-7-19-12)13(17)15-14/h5,7,10H,4,6,8-9,14H2,1-3H3,(H,15,17). The zero-order valence-electron chi connectivity index (χ0n) is 11.8. The van der Waals surface area contributed by atoms with Crippen molar-refractivity contribution in [3.05, 3.63) is 23.7 Å². The average molecular weight is 269 g/mol. The second-order valence-corrected chi connectivity index (χ2v) is 4.45. The first-order valence-electron chi connectivity index (χ1n) is 6.44. The van der Waals surface area contributed by atoms with Gasteiger partial charge in [0.25, 0.3) is 5.91 Å². The molecule has 1 amide bonds. The molecule has 1 heterocycles. The molecule has 0 radical (unpaired) electrons. The number of furan rings is 1. The monoisotopic (exact) mass is 269 g/mol. The highest BCUT2D eigenvalue weighted by Crippen LogP contribution is 2.16. The van der Waals surface area contributed by atoms with Crippen molar-refractivity contribution < 1.29 is 13.9 Å². The third-order valence-corrected chi connectivity index (χ3v) is 3.26. The fourth-order valence-electron chi connectivity index (χ4n) is 1.85. The zero-order valence-corrected chi connectivity index (χ0v) is 11.8. The van der Waals surface area contributed by atoms with Crippen LogP contribution in [0.15, 0.2) is 16.7 Å². The molecular formula is C13H23N3O3. The first-order chi connectivity index (χ1) is 9.13. The van der Waals surface area contributed by atoms with E-state index >= 15 is 0 Å². The Morgan fingerprint density at radius 2 is 2.37 bits per heavy atom. The van der Waals surface area contributed by atoms with Crippen molar-refractivity contribution in [1.29, 1.82) is 0 Å². The van der Waals surface area contributed by atoms with Crippen molar-refractivity contribution in [2.75, 3.05) is 20.3 Å². The van der Waals surface area contributed by atoms with Gasteiger partial charge in [-0.05, 0) is 19.4 Å². The third kappa shape index (κ3) is 4.34. The number of carbonyl (C=O) groups excluding carboxylic acids is 1. The van der Waals surface area contributed by atoms with E-state index in [0.29, 0.717) is 30.5 Å². The van der Waals surface area contributed by atoms with E-state index in [0.717, 1.165) is 13.0 Å². The molecule has 0 saturated carbocycles. The smallest absolute Gasteiger partial charge is 0.268 e. The molecule has 0 aliphatic rings. The van der Waals surface area contributed by atoms with Gasteiger partial charge in [0.05, 0.1) is 25.0 Å². The molecule has 0 aliphatic heterocycles. The highest BCUT2D eigenvalue weighted by molar-refractivity contribution is 5.94. The number of nitrogens with one attached hydrogen (secondary N) is 1. The first-order valence-corrected chi connectivity index (χ1v) is 6.44. The first kappa shape index (κ1) is 15.7. The Bertz CT molecular complexity index is 392. The second-order valence-electron chi connectivity index (χ2n) is 4.45. The molecule has 6 nitrogen and oxygen atoms in total. The van der Waals surface area contributed by atoms with E-state index in [1.54, 1.807) is 13.2 Å². The maximum absolute atomic E-state index is 11.6. The minimum atomic E-state index is -0.334. The largest absolute Gasteiger partial charge is 0.467 e. The summed E-state index contributed by atoms with van der Waals surface area (Å²) in [4.78, 5) is 13.8. The van der Waals surface area contributed by atoms with Crippen LogP contribution in [0.4, 0.5) is 0 Å². The van der Waals surface area contributed by atoms with Gasteiger partial charge in [-0.3, -0.25) is 15.1 Å². The van der Waals surface area contributed by atoms with E-state index in [1.807, 2.05) is 0 Å². The average Bonchev–Trinajstić information content (AvgIpc) is 2.89. The molecule has 6 heteroatoms. The topological polar surface area (TPSA) is 80.7 Å². The molecule has 0 bridgehead atoms. The highest BCUT2D eigenvalue weighted by atomic mass is 16.5. The van der Waals surface area contributed by atoms with Crippen molar-refractivity contribution in [1.82, 2.24) is 10.3 Å². The van der Waals surface area contributed by atoms with Gasteiger partial charge >= 0.3 is 0 Å². The molecule has 3 N–H and O–H groups in total. The maximum atomic E-state index is 11.6. The summed E-state index contributed by atoms with van der Waals surface area (Å²) in [5.41, 5.74) is 2.61. The lowest BCUT2D eigenvalue weighted by atomic mass is 10.1. The number of nitrogen functional groups attached to an aromatic ring is 1. The molecule has 1 aromatic rings. The lowest BCUT2D eigenvalue weighted by Crippen LogP contribution is -2.36. The van der Waals surface area contributed by atoms with Crippen LogP contribution in [0, 0.1) is 0 Å². The van der Waals surface area contributed by atoms with Crippen LogP contribution in [-0.4, -0.2) is 37.1 Å². The van der Waals surface area contributed by atoms with Crippen LogP contribution in [0.2, 0.25) is 0 Å². The van der Waals surface area contributed by atoms with Crippen LogP contribution in [0.1, 0.15) is 36.4 Å². The summed E-state index contributed by atoms with van der Waals surface area (Å²) in [6.45, 7) is 6.26. The van der Waals surface area contributed by atoms with Crippen LogP contribution < -0.4 is 11.3 Å². The van der Waals surface area contributed by atoms with Crippen molar-refractivity contribution in [2.45, 2.75) is 32.9 Å². The summed E-state index contributed by atoms with van der Waals surface area (Å²) >= 11 is 0. The molecule has 1 aromatic heterocycles. The van der Waals surface area contributed by atoms with Gasteiger partial charge in [0.1, 0.15) is 5.76 Å². The van der Waals surface area contributed by atoms with Gasteiger partial charge in [-0.25, -0.2) is 5.84 Å². The van der Waals surface area contributed by atoms with Crippen molar-refractivity contribution in [3.63, 3.8) is 0 Å². The molecule has 1 atom stereocenters. The van der Waals surface area contributed by atoms with Gasteiger partial charge in [-0.1, -0.05) is 6.92 Å². The SMILES string of the molecule is CCC(C)N(CCOC)Cc1occc1C(=O)NN. The summed E-state index contributed by atoms with van der Waals surface area (Å²) < 4.78 is 10.5. The van der Waals surface area contributed by atoms with E-state index in [1.165, 1.54) is 6.26 Å². The van der Waals surface area contributed by atoms with Crippen molar-refractivity contribution >= 4 is 5.91 Å². The highest BCUT2D eigenvalue weighted by Gasteiger charge is 2.19. The number of amides is 1. The van der Waals surface area contributed by atoms with Gasteiger partial charge in [0, 0.05) is 19.7 Å². The zero-order chi connectivity index (χ0) is 14.3. The number of hydrazine groups is 1. The minimum absolute atomic E-state index is 0.334. The normalized spacial score (nSPS) is 12.7. The minimum Gasteiger partial charge on any atom is -0.467 e. The van der Waals surface area contributed by atoms with Crippen molar-refractivity contribution in [3.8, 4) is 0 Å². The summed E-state index contributed by atoms with van der Waals surface area (Å²) in [7, 11) is 1.68. The fraction of sp³-hybridized carbons (Fsp3) is 0.615. The molecular weight excluding hydrogens is 246 g/mol. The van der Waals surface area contributed by atoms with Gasteiger partial charge in [0.15, 0.2) is 0 Å². The summed E-state index contributed by atoms with van der Waals surface area (Å²) in [6.07, 6.45) is 2.52. The Labute approximate surface area is 113 Å². The van der Waals surface area contributed by atoms with Gasteiger partial charge in [-0.2, -0.15) is 0 Å². The van der Waals surface area contributed by atoms with Crippen LogP contribution in [-0.2, 0) is 11.3 Å². The number of nitrogens with zero attached hydrogens (tertiary/aromatic N) is 1. The Kier molecular flexibility index (Phi) is 6.55. The predicted molar refractivity (Wildman–Crippen MR) is 72.4 cm³/mol. The Balaban J connectivity index is 2.78. The number of methoxy groups -OCH3 is 1. The van der Waals surface area contributed by atoms with Gasteiger partial charge < -0.3 is 9.15 Å². The molecule has 0 saturated heterocycles. The third-order valence-electron chi connectivity index (χ3n) is 3.26. The molecule has 108 valence electrons. The summed E-state index contributed by atoms with van der Waals surface area (Å²) in [5.74, 6) is 5.44. The quantitative estimate of drug-likeness (QED) is 0.420. The number of nitrogens with two attached hydrogens (primary N) is 1. The predicted octanol–water partition coefficient (Wildman–Crippen LogP) is 1.13. The molecule has 1 rings (SSSR count). The van der Waals surface area contributed by atoms with E-state index in [9.17, 15) is 4.79 Å².